The van der Waals surface area contributed by atoms with Crippen LogP contribution in [0.1, 0.15) is 37.2 Å². The Kier molecular flexibility index (Phi) is 4.80. The summed E-state index contributed by atoms with van der Waals surface area (Å²) in [6, 6.07) is 3.47. The predicted octanol–water partition coefficient (Wildman–Crippen LogP) is 1.71. The lowest BCUT2D eigenvalue weighted by Crippen LogP contribution is -2.44. The van der Waals surface area contributed by atoms with E-state index >= 15 is 0 Å². The zero-order valence-corrected chi connectivity index (χ0v) is 13.4. The molecule has 0 saturated carbocycles. The average Bonchev–Trinajstić information content (AvgIpc) is 2.92. The highest BCUT2D eigenvalue weighted by molar-refractivity contribution is 5.87. The Morgan fingerprint density at radius 1 is 1.32 bits per heavy atom. The lowest BCUT2D eigenvalue weighted by molar-refractivity contribution is -0.128. The third-order valence-electron chi connectivity index (χ3n) is 3.75. The van der Waals surface area contributed by atoms with Crippen LogP contribution in [0.4, 0.5) is 0 Å². The van der Waals surface area contributed by atoms with E-state index in [-0.39, 0.29) is 11.8 Å². The van der Waals surface area contributed by atoms with Gasteiger partial charge in [-0.3, -0.25) is 9.59 Å². The van der Waals surface area contributed by atoms with E-state index in [4.69, 9.17) is 0 Å². The Balaban J connectivity index is 2.01. The summed E-state index contributed by atoms with van der Waals surface area (Å²) in [5, 5.41) is 5.40. The van der Waals surface area contributed by atoms with Gasteiger partial charge in [-0.15, -0.1) is 0 Å². The molecule has 6 heteroatoms. The Morgan fingerprint density at radius 2 is 2.05 bits per heavy atom. The summed E-state index contributed by atoms with van der Waals surface area (Å²) in [5.74, 6) is 0.332. The van der Waals surface area contributed by atoms with Crippen LogP contribution in [0, 0.1) is 13.8 Å². The minimum absolute atomic E-state index is 0.141. The van der Waals surface area contributed by atoms with Gasteiger partial charge in [-0.25, -0.2) is 4.98 Å². The molecule has 0 radical (unpaired) electrons. The van der Waals surface area contributed by atoms with Crippen molar-refractivity contribution in [1.82, 2.24) is 20.6 Å². The van der Waals surface area contributed by atoms with Crippen molar-refractivity contribution >= 4 is 22.8 Å². The average molecular weight is 302 g/mol. The first-order valence-corrected chi connectivity index (χ1v) is 7.44. The topological polar surface area (TPSA) is 86.9 Å². The van der Waals surface area contributed by atoms with Gasteiger partial charge in [0.25, 0.3) is 0 Å². The summed E-state index contributed by atoms with van der Waals surface area (Å²) in [6.07, 6.45) is 0.361. The van der Waals surface area contributed by atoms with Gasteiger partial charge in [0.05, 0.1) is 17.6 Å². The first kappa shape index (κ1) is 16.0. The maximum absolute atomic E-state index is 11.9. The maximum Gasteiger partial charge on any atom is 0.242 e. The van der Waals surface area contributed by atoms with E-state index in [1.165, 1.54) is 5.56 Å². The predicted molar refractivity (Wildman–Crippen MR) is 85.3 cm³/mol. The van der Waals surface area contributed by atoms with Crippen molar-refractivity contribution in [2.45, 2.75) is 46.7 Å². The van der Waals surface area contributed by atoms with E-state index in [0.29, 0.717) is 18.8 Å². The number of hydrogen-bond acceptors (Lipinski definition) is 3. The molecule has 1 aromatic heterocycles. The number of benzene rings is 1. The van der Waals surface area contributed by atoms with Crippen LogP contribution in [-0.4, -0.2) is 27.8 Å². The van der Waals surface area contributed by atoms with Gasteiger partial charge in [-0.05, 0) is 38.0 Å². The molecule has 0 fully saturated rings. The van der Waals surface area contributed by atoms with Gasteiger partial charge in [-0.2, -0.15) is 0 Å². The van der Waals surface area contributed by atoms with Gasteiger partial charge < -0.3 is 15.6 Å². The largest absolute Gasteiger partial charge is 0.347 e. The summed E-state index contributed by atoms with van der Waals surface area (Å²) in [5.41, 5.74) is 4.21. The molecule has 1 atom stereocenters. The standard InChI is InChI=1S/C16H22N4O2/c1-5-14(21)18-11(4)16(22)17-8-13-19-12-7-6-9(2)10(3)15(12)20-13/h6-7,11H,5,8H2,1-4H3,(H,17,22)(H,18,21)(H,19,20)/t11-/m1/s1. The molecule has 118 valence electrons. The summed E-state index contributed by atoms with van der Waals surface area (Å²) in [7, 11) is 0. The highest BCUT2D eigenvalue weighted by atomic mass is 16.2. The van der Waals surface area contributed by atoms with Gasteiger partial charge in [-0.1, -0.05) is 13.0 Å². The van der Waals surface area contributed by atoms with Crippen molar-refractivity contribution in [1.29, 1.82) is 0 Å². The number of fused-ring (bicyclic) bond motifs is 1. The van der Waals surface area contributed by atoms with E-state index < -0.39 is 6.04 Å². The van der Waals surface area contributed by atoms with Crippen LogP contribution in [0.25, 0.3) is 11.0 Å². The Morgan fingerprint density at radius 3 is 2.73 bits per heavy atom. The van der Waals surface area contributed by atoms with E-state index in [0.717, 1.165) is 16.6 Å². The van der Waals surface area contributed by atoms with E-state index in [9.17, 15) is 9.59 Å². The molecule has 0 spiro atoms. The van der Waals surface area contributed by atoms with Gasteiger partial charge >= 0.3 is 0 Å². The number of hydrogen-bond donors (Lipinski definition) is 3. The number of aromatic amines is 1. The second kappa shape index (κ2) is 6.60. The first-order valence-electron chi connectivity index (χ1n) is 7.44. The number of carbonyl (C=O) groups is 2. The molecule has 6 nitrogen and oxygen atoms in total. The molecular formula is C16H22N4O2. The molecule has 1 aromatic carbocycles. The minimum Gasteiger partial charge on any atom is -0.347 e. The maximum atomic E-state index is 11.9. The fourth-order valence-electron chi connectivity index (χ4n) is 2.18. The van der Waals surface area contributed by atoms with Gasteiger partial charge in [0.15, 0.2) is 0 Å². The summed E-state index contributed by atoms with van der Waals surface area (Å²) < 4.78 is 0. The molecule has 0 unspecified atom stereocenters. The Hall–Kier alpha value is -2.37. The molecular weight excluding hydrogens is 280 g/mol. The molecule has 2 aromatic rings. The third-order valence-corrected chi connectivity index (χ3v) is 3.75. The number of aromatic nitrogens is 2. The lowest BCUT2D eigenvalue weighted by atomic mass is 10.1. The fourth-order valence-corrected chi connectivity index (χ4v) is 2.18. The summed E-state index contributed by atoms with van der Waals surface area (Å²) in [4.78, 5) is 30.9. The van der Waals surface area contributed by atoms with Crippen molar-refractivity contribution in [3.8, 4) is 0 Å². The van der Waals surface area contributed by atoms with Crippen molar-refractivity contribution < 1.29 is 9.59 Å². The van der Waals surface area contributed by atoms with E-state index in [1.807, 2.05) is 26.0 Å². The smallest absolute Gasteiger partial charge is 0.242 e. The van der Waals surface area contributed by atoms with Crippen LogP contribution < -0.4 is 10.6 Å². The van der Waals surface area contributed by atoms with Crippen LogP contribution in [-0.2, 0) is 16.1 Å². The van der Waals surface area contributed by atoms with E-state index in [2.05, 4.69) is 20.6 Å². The van der Waals surface area contributed by atoms with Crippen LogP contribution in [0.3, 0.4) is 0 Å². The lowest BCUT2D eigenvalue weighted by Gasteiger charge is -2.12. The fraction of sp³-hybridized carbons (Fsp3) is 0.438. The molecule has 0 aliphatic rings. The van der Waals surface area contributed by atoms with Crippen molar-refractivity contribution in [3.63, 3.8) is 0 Å². The molecule has 0 aliphatic carbocycles. The number of aryl methyl sites for hydroxylation is 2. The second-order valence-corrected chi connectivity index (χ2v) is 5.45. The summed E-state index contributed by atoms with van der Waals surface area (Å²) >= 11 is 0. The number of imidazole rings is 1. The Labute approximate surface area is 129 Å². The van der Waals surface area contributed by atoms with Crippen LogP contribution in [0.2, 0.25) is 0 Å². The van der Waals surface area contributed by atoms with E-state index in [1.54, 1.807) is 13.8 Å². The monoisotopic (exact) mass is 302 g/mol. The van der Waals surface area contributed by atoms with Gasteiger partial charge in [0.1, 0.15) is 11.9 Å². The minimum atomic E-state index is -0.555. The number of nitrogens with zero attached hydrogens (tertiary/aromatic N) is 1. The normalized spacial score (nSPS) is 12.2. The Bertz CT molecular complexity index is 705. The molecule has 0 aliphatic heterocycles. The van der Waals surface area contributed by atoms with Crippen LogP contribution in [0.15, 0.2) is 12.1 Å². The molecule has 0 saturated heterocycles. The van der Waals surface area contributed by atoms with Crippen LogP contribution in [0.5, 0.6) is 0 Å². The third kappa shape index (κ3) is 3.44. The zero-order chi connectivity index (χ0) is 16.3. The van der Waals surface area contributed by atoms with Crippen molar-refractivity contribution in [2.24, 2.45) is 0 Å². The van der Waals surface area contributed by atoms with Crippen molar-refractivity contribution in [2.75, 3.05) is 0 Å². The molecule has 1 heterocycles. The summed E-state index contributed by atoms with van der Waals surface area (Å²) in [6.45, 7) is 7.79. The number of nitrogens with one attached hydrogen (secondary N) is 3. The second-order valence-electron chi connectivity index (χ2n) is 5.45. The quantitative estimate of drug-likeness (QED) is 0.786. The number of rotatable bonds is 5. The SMILES string of the molecule is CCC(=O)N[C@H](C)C(=O)NCc1nc2c(C)c(C)ccc2[nH]1. The molecule has 2 rings (SSSR count). The zero-order valence-electron chi connectivity index (χ0n) is 13.4. The van der Waals surface area contributed by atoms with Gasteiger partial charge in [0.2, 0.25) is 11.8 Å². The molecule has 0 bridgehead atoms. The van der Waals surface area contributed by atoms with Crippen LogP contribution >= 0.6 is 0 Å². The molecule has 22 heavy (non-hydrogen) atoms. The number of amides is 2. The highest BCUT2D eigenvalue weighted by Crippen LogP contribution is 2.19. The first-order chi connectivity index (χ1) is 10.4. The molecule has 3 N–H and O–H groups in total. The molecule has 2 amide bonds. The number of H-pyrrole nitrogens is 1. The highest BCUT2D eigenvalue weighted by Gasteiger charge is 2.15. The van der Waals surface area contributed by atoms with Gasteiger partial charge in [0, 0.05) is 6.42 Å². The van der Waals surface area contributed by atoms with Crippen molar-refractivity contribution in [3.05, 3.63) is 29.1 Å². The number of carbonyl (C=O) groups excluding carboxylic acids is 2.